The molecule has 0 N–H and O–H groups in total. The van der Waals surface area contributed by atoms with Gasteiger partial charge in [-0.25, -0.2) is 14.4 Å². The number of ether oxygens (including phenoxy) is 3. The molecule has 32 heavy (non-hydrogen) atoms. The summed E-state index contributed by atoms with van der Waals surface area (Å²) in [6.45, 7) is 1.77. The van der Waals surface area contributed by atoms with Crippen LogP contribution in [-0.4, -0.2) is 25.7 Å². The van der Waals surface area contributed by atoms with Crippen molar-refractivity contribution in [2.75, 3.05) is 13.7 Å². The number of nitrogens with zero attached hydrogens (tertiary/aromatic N) is 1. The third-order valence-corrected chi connectivity index (χ3v) is 4.72. The van der Waals surface area contributed by atoms with Crippen LogP contribution < -0.4 is 15.1 Å². The first-order valence-corrected chi connectivity index (χ1v) is 10.1. The molecule has 3 aromatic rings. The number of benzene rings is 2. The molecule has 0 unspecified atom stereocenters. The molecule has 0 amide bonds. The van der Waals surface area contributed by atoms with Gasteiger partial charge in [-0.05, 0) is 55.0 Å². The van der Waals surface area contributed by atoms with Crippen molar-refractivity contribution in [3.05, 3.63) is 74.1 Å². The van der Waals surface area contributed by atoms with E-state index in [0.29, 0.717) is 16.5 Å². The molecule has 9 heteroatoms. The van der Waals surface area contributed by atoms with Gasteiger partial charge in [-0.15, -0.1) is 0 Å². The van der Waals surface area contributed by atoms with Gasteiger partial charge in [-0.3, -0.25) is 0 Å². The standard InChI is InChI=1S/C23H16BrNO7/c1-3-30-21(26)15(12-25)8-13-4-6-19(20(9-13)29-2)32-23(28)17-11-14-10-16(24)5-7-18(14)31-22(17)27/h4-11H,3H2,1-2H3/b15-8+. The van der Waals surface area contributed by atoms with E-state index in [1.165, 1.54) is 37.5 Å². The van der Waals surface area contributed by atoms with Crippen LogP contribution in [0.25, 0.3) is 17.0 Å². The second kappa shape index (κ2) is 9.94. The highest BCUT2D eigenvalue weighted by Gasteiger charge is 2.19. The average Bonchev–Trinajstić information content (AvgIpc) is 2.78. The highest BCUT2D eigenvalue weighted by atomic mass is 79.9. The van der Waals surface area contributed by atoms with Crippen LogP contribution in [0.4, 0.5) is 0 Å². The average molecular weight is 498 g/mol. The first kappa shape index (κ1) is 22.8. The molecular weight excluding hydrogens is 482 g/mol. The number of rotatable bonds is 6. The van der Waals surface area contributed by atoms with Gasteiger partial charge in [-0.1, -0.05) is 22.0 Å². The number of halogens is 1. The summed E-state index contributed by atoms with van der Waals surface area (Å²) in [5.41, 5.74) is -0.537. The topological polar surface area (TPSA) is 116 Å². The zero-order valence-electron chi connectivity index (χ0n) is 17.0. The van der Waals surface area contributed by atoms with Crippen molar-refractivity contribution in [1.29, 1.82) is 5.26 Å². The van der Waals surface area contributed by atoms with Gasteiger partial charge in [0, 0.05) is 9.86 Å². The summed E-state index contributed by atoms with van der Waals surface area (Å²) < 4.78 is 21.4. The number of carbonyl (C=O) groups is 2. The minimum Gasteiger partial charge on any atom is -0.493 e. The van der Waals surface area contributed by atoms with Crippen LogP contribution in [0.5, 0.6) is 11.5 Å². The van der Waals surface area contributed by atoms with E-state index >= 15 is 0 Å². The van der Waals surface area contributed by atoms with Crippen molar-refractivity contribution in [3.8, 4) is 17.6 Å². The molecule has 162 valence electrons. The van der Waals surface area contributed by atoms with E-state index in [2.05, 4.69) is 15.9 Å². The van der Waals surface area contributed by atoms with E-state index in [1.807, 2.05) is 0 Å². The van der Waals surface area contributed by atoms with E-state index in [1.54, 1.807) is 31.2 Å². The molecule has 0 fully saturated rings. The van der Waals surface area contributed by atoms with E-state index < -0.39 is 17.6 Å². The van der Waals surface area contributed by atoms with Crippen LogP contribution in [-0.2, 0) is 9.53 Å². The smallest absolute Gasteiger partial charge is 0.351 e. The molecule has 1 aromatic heterocycles. The van der Waals surface area contributed by atoms with Gasteiger partial charge < -0.3 is 18.6 Å². The molecule has 0 bridgehead atoms. The lowest BCUT2D eigenvalue weighted by Gasteiger charge is -2.10. The van der Waals surface area contributed by atoms with Gasteiger partial charge in [0.25, 0.3) is 0 Å². The Bertz CT molecular complexity index is 1330. The Hall–Kier alpha value is -3.90. The lowest BCUT2D eigenvalue weighted by Crippen LogP contribution is -2.19. The molecule has 0 saturated heterocycles. The van der Waals surface area contributed by atoms with Crippen LogP contribution in [0.15, 0.2) is 61.7 Å². The number of esters is 2. The summed E-state index contributed by atoms with van der Waals surface area (Å²) in [5, 5.41) is 9.71. The zero-order valence-corrected chi connectivity index (χ0v) is 18.6. The summed E-state index contributed by atoms with van der Waals surface area (Å²) in [6.07, 6.45) is 1.32. The van der Waals surface area contributed by atoms with Crippen molar-refractivity contribution in [3.63, 3.8) is 0 Å². The Morgan fingerprint density at radius 1 is 1.16 bits per heavy atom. The summed E-state index contributed by atoms with van der Waals surface area (Å²) in [4.78, 5) is 36.7. The molecule has 8 nitrogen and oxygen atoms in total. The number of nitriles is 1. The second-order valence-corrected chi connectivity index (χ2v) is 7.24. The van der Waals surface area contributed by atoms with Crippen molar-refractivity contribution in [1.82, 2.24) is 0 Å². The second-order valence-electron chi connectivity index (χ2n) is 6.32. The molecular formula is C23H16BrNO7. The molecule has 0 radical (unpaired) electrons. The third kappa shape index (κ3) is 5.04. The maximum absolute atomic E-state index is 12.6. The lowest BCUT2D eigenvalue weighted by atomic mass is 10.1. The normalized spacial score (nSPS) is 11.0. The van der Waals surface area contributed by atoms with Crippen LogP contribution in [0, 0.1) is 11.3 Å². The van der Waals surface area contributed by atoms with Crippen molar-refractivity contribution >= 4 is 44.9 Å². The fourth-order valence-electron chi connectivity index (χ4n) is 2.76. The first-order valence-electron chi connectivity index (χ1n) is 9.28. The Morgan fingerprint density at radius 2 is 1.94 bits per heavy atom. The molecule has 2 aromatic carbocycles. The number of methoxy groups -OCH3 is 1. The maximum atomic E-state index is 12.6. The molecule has 0 saturated carbocycles. The summed E-state index contributed by atoms with van der Waals surface area (Å²) in [7, 11) is 1.36. The first-order chi connectivity index (χ1) is 15.4. The Morgan fingerprint density at radius 3 is 2.62 bits per heavy atom. The maximum Gasteiger partial charge on any atom is 0.351 e. The minimum absolute atomic E-state index is 0.0398. The van der Waals surface area contributed by atoms with E-state index in [-0.39, 0.29) is 29.2 Å². The SMILES string of the molecule is CCOC(=O)/C(C#N)=C/c1ccc(OC(=O)c2cc3cc(Br)ccc3oc2=O)c(OC)c1. The van der Waals surface area contributed by atoms with Crippen LogP contribution >= 0.6 is 15.9 Å². The predicted octanol–water partition coefficient (Wildman–Crippen LogP) is 4.25. The zero-order chi connectivity index (χ0) is 23.3. The van der Waals surface area contributed by atoms with Crippen molar-refractivity contribution in [2.24, 2.45) is 0 Å². The van der Waals surface area contributed by atoms with Crippen molar-refractivity contribution < 1.29 is 28.2 Å². The number of hydrogen-bond acceptors (Lipinski definition) is 8. The van der Waals surface area contributed by atoms with Gasteiger partial charge in [0.15, 0.2) is 11.5 Å². The molecule has 1 heterocycles. The van der Waals surface area contributed by atoms with Crippen LogP contribution in [0.2, 0.25) is 0 Å². The highest BCUT2D eigenvalue weighted by molar-refractivity contribution is 9.10. The third-order valence-electron chi connectivity index (χ3n) is 4.23. The molecule has 3 rings (SSSR count). The molecule has 0 aliphatic heterocycles. The van der Waals surface area contributed by atoms with Crippen LogP contribution in [0.3, 0.4) is 0 Å². The number of fused-ring (bicyclic) bond motifs is 1. The number of hydrogen-bond donors (Lipinski definition) is 0. The molecule has 0 atom stereocenters. The van der Waals surface area contributed by atoms with Gasteiger partial charge in [0.05, 0.1) is 13.7 Å². The Balaban J connectivity index is 1.91. The van der Waals surface area contributed by atoms with Gasteiger partial charge in [-0.2, -0.15) is 5.26 Å². The largest absolute Gasteiger partial charge is 0.493 e. The van der Waals surface area contributed by atoms with E-state index in [0.717, 1.165) is 4.47 Å². The quantitative estimate of drug-likeness (QED) is 0.163. The monoisotopic (exact) mass is 497 g/mol. The minimum atomic E-state index is -0.925. The Kier molecular flexibility index (Phi) is 7.07. The van der Waals surface area contributed by atoms with Crippen molar-refractivity contribution in [2.45, 2.75) is 6.92 Å². The molecule has 0 aliphatic carbocycles. The van der Waals surface area contributed by atoms with E-state index in [9.17, 15) is 14.4 Å². The molecule has 0 aliphatic rings. The van der Waals surface area contributed by atoms with Crippen LogP contribution in [0.1, 0.15) is 22.8 Å². The summed E-state index contributed by atoms with van der Waals surface area (Å²) in [6, 6.07) is 12.6. The summed E-state index contributed by atoms with van der Waals surface area (Å²) >= 11 is 3.33. The predicted molar refractivity (Wildman–Crippen MR) is 118 cm³/mol. The fraction of sp³-hybridized carbons (Fsp3) is 0.130. The van der Waals surface area contributed by atoms with E-state index in [4.69, 9.17) is 23.9 Å². The fourth-order valence-corrected chi connectivity index (χ4v) is 3.14. The van der Waals surface area contributed by atoms with Gasteiger partial charge in [0.2, 0.25) is 0 Å². The van der Waals surface area contributed by atoms with Gasteiger partial charge in [0.1, 0.15) is 22.8 Å². The summed E-state index contributed by atoms with van der Waals surface area (Å²) in [5.74, 6) is -1.48. The Labute approximate surface area is 190 Å². The number of carbonyl (C=O) groups excluding carboxylic acids is 2. The van der Waals surface area contributed by atoms with Gasteiger partial charge >= 0.3 is 17.6 Å². The molecule has 0 spiro atoms. The lowest BCUT2D eigenvalue weighted by molar-refractivity contribution is -0.137. The highest BCUT2D eigenvalue weighted by Crippen LogP contribution is 2.30.